The number of amides is 1. The topological polar surface area (TPSA) is 111 Å². The average Bonchev–Trinajstić information content (AvgIpc) is 3.29. The van der Waals surface area contributed by atoms with Crippen LogP contribution >= 0.6 is 0 Å². The van der Waals surface area contributed by atoms with E-state index in [2.05, 4.69) is 35.8 Å². The fraction of sp³-hybridized carbons (Fsp3) is 0.111. The van der Waals surface area contributed by atoms with Crippen LogP contribution in [0.5, 0.6) is 0 Å². The summed E-state index contributed by atoms with van der Waals surface area (Å²) in [6.45, 7) is 1.96. The molecular formula is C18H17N7O. The molecule has 8 heteroatoms. The molecule has 0 aliphatic rings. The van der Waals surface area contributed by atoms with Crippen molar-refractivity contribution in [1.29, 1.82) is 0 Å². The van der Waals surface area contributed by atoms with E-state index in [0.717, 1.165) is 27.7 Å². The molecule has 0 aliphatic heterocycles. The van der Waals surface area contributed by atoms with Gasteiger partial charge in [-0.05, 0) is 24.6 Å². The molecular weight excluding hydrogens is 330 g/mol. The zero-order valence-electron chi connectivity index (χ0n) is 14.3. The van der Waals surface area contributed by atoms with E-state index in [1.807, 2.05) is 31.3 Å². The lowest BCUT2D eigenvalue weighted by molar-refractivity contribution is 0.0959. The first kappa shape index (κ1) is 15.8. The number of aromatic amines is 2. The van der Waals surface area contributed by atoms with E-state index in [1.165, 1.54) is 0 Å². The molecule has 0 saturated heterocycles. The molecule has 26 heavy (non-hydrogen) atoms. The van der Waals surface area contributed by atoms with Gasteiger partial charge >= 0.3 is 0 Å². The van der Waals surface area contributed by atoms with E-state index in [1.54, 1.807) is 25.5 Å². The van der Waals surface area contributed by atoms with Gasteiger partial charge in [0.25, 0.3) is 5.91 Å². The fourth-order valence-corrected chi connectivity index (χ4v) is 2.76. The number of aromatic nitrogens is 5. The average molecular weight is 347 g/mol. The van der Waals surface area contributed by atoms with E-state index in [0.29, 0.717) is 17.3 Å². The number of hydrogen-bond acceptors (Lipinski definition) is 5. The van der Waals surface area contributed by atoms with Gasteiger partial charge in [-0.3, -0.25) is 9.89 Å². The van der Waals surface area contributed by atoms with Gasteiger partial charge in [-0.15, -0.1) is 0 Å². The van der Waals surface area contributed by atoms with Crippen molar-refractivity contribution < 1.29 is 4.79 Å². The molecule has 4 aromatic rings. The van der Waals surface area contributed by atoms with Crippen molar-refractivity contribution in [3.05, 3.63) is 54.2 Å². The second-order valence-corrected chi connectivity index (χ2v) is 5.86. The number of fused-ring (bicyclic) bond motifs is 1. The van der Waals surface area contributed by atoms with Crippen molar-refractivity contribution in [2.24, 2.45) is 0 Å². The van der Waals surface area contributed by atoms with Crippen LogP contribution in [-0.2, 0) is 0 Å². The summed E-state index contributed by atoms with van der Waals surface area (Å²) in [4.78, 5) is 23.4. The molecule has 3 heterocycles. The third kappa shape index (κ3) is 2.88. The Balaban J connectivity index is 1.65. The van der Waals surface area contributed by atoms with Crippen molar-refractivity contribution in [2.75, 3.05) is 12.4 Å². The van der Waals surface area contributed by atoms with Crippen LogP contribution in [0, 0.1) is 6.92 Å². The SMILES string of the molecule is CNC(=O)c1cc(Nc2ncc3ccc(-c4c[nH]nc4C)cc3n2)c[nH]1. The minimum absolute atomic E-state index is 0.183. The highest BCUT2D eigenvalue weighted by Crippen LogP contribution is 2.25. The fourth-order valence-electron chi connectivity index (χ4n) is 2.76. The van der Waals surface area contributed by atoms with E-state index in [-0.39, 0.29) is 5.91 Å². The lowest BCUT2D eigenvalue weighted by Gasteiger charge is -2.05. The lowest BCUT2D eigenvalue weighted by Crippen LogP contribution is -2.17. The first-order valence-electron chi connectivity index (χ1n) is 8.09. The van der Waals surface area contributed by atoms with Gasteiger partial charge in [-0.2, -0.15) is 5.10 Å². The molecule has 0 aliphatic carbocycles. The molecule has 1 amide bonds. The monoisotopic (exact) mass is 347 g/mol. The Labute approximate surface area is 149 Å². The van der Waals surface area contributed by atoms with Crippen molar-refractivity contribution in [1.82, 2.24) is 30.5 Å². The number of nitrogens with zero attached hydrogens (tertiary/aromatic N) is 3. The predicted octanol–water partition coefficient (Wildman–Crippen LogP) is 2.76. The minimum atomic E-state index is -0.183. The molecule has 8 nitrogen and oxygen atoms in total. The van der Waals surface area contributed by atoms with E-state index < -0.39 is 0 Å². The third-order valence-electron chi connectivity index (χ3n) is 4.14. The van der Waals surface area contributed by atoms with Gasteiger partial charge in [0.2, 0.25) is 5.95 Å². The van der Waals surface area contributed by atoms with Gasteiger partial charge in [0.1, 0.15) is 5.69 Å². The van der Waals surface area contributed by atoms with Gasteiger partial charge in [0.05, 0.1) is 16.9 Å². The summed E-state index contributed by atoms with van der Waals surface area (Å²) in [5.74, 6) is 0.277. The van der Waals surface area contributed by atoms with Gasteiger partial charge < -0.3 is 15.6 Å². The van der Waals surface area contributed by atoms with Crippen molar-refractivity contribution in [3.8, 4) is 11.1 Å². The van der Waals surface area contributed by atoms with Gasteiger partial charge in [0.15, 0.2) is 0 Å². The highest BCUT2D eigenvalue weighted by atomic mass is 16.1. The number of benzene rings is 1. The Kier molecular flexibility index (Phi) is 3.85. The standard InChI is InChI=1S/C18H17N7O/c1-10-14(9-22-25-10)11-3-4-12-7-21-18(24-15(12)5-11)23-13-6-16(20-8-13)17(26)19-2/h3-9,20H,1-2H3,(H,19,26)(H,22,25)(H,21,23,24). The molecule has 3 aromatic heterocycles. The molecule has 0 spiro atoms. The van der Waals surface area contributed by atoms with Crippen molar-refractivity contribution in [3.63, 3.8) is 0 Å². The van der Waals surface area contributed by atoms with Gasteiger partial charge in [-0.1, -0.05) is 12.1 Å². The second kappa shape index (κ2) is 6.32. The second-order valence-electron chi connectivity index (χ2n) is 5.86. The molecule has 0 atom stereocenters. The number of H-pyrrole nitrogens is 2. The largest absolute Gasteiger partial charge is 0.355 e. The summed E-state index contributed by atoms with van der Waals surface area (Å²) >= 11 is 0. The van der Waals surface area contributed by atoms with Crippen LogP contribution in [0.4, 0.5) is 11.6 Å². The Morgan fingerprint density at radius 2 is 2.08 bits per heavy atom. The highest BCUT2D eigenvalue weighted by molar-refractivity contribution is 5.93. The number of carbonyl (C=O) groups excluding carboxylic acids is 1. The first-order valence-corrected chi connectivity index (χ1v) is 8.09. The van der Waals surface area contributed by atoms with E-state index in [4.69, 9.17) is 0 Å². The predicted molar refractivity (Wildman–Crippen MR) is 99.3 cm³/mol. The van der Waals surface area contributed by atoms with Crippen LogP contribution in [-0.4, -0.2) is 38.1 Å². The van der Waals surface area contributed by atoms with Crippen molar-refractivity contribution >= 4 is 28.4 Å². The number of anilines is 2. The Hall–Kier alpha value is -3.68. The lowest BCUT2D eigenvalue weighted by atomic mass is 10.1. The smallest absolute Gasteiger partial charge is 0.267 e. The highest BCUT2D eigenvalue weighted by Gasteiger charge is 2.09. The zero-order valence-corrected chi connectivity index (χ0v) is 14.3. The number of nitrogens with one attached hydrogen (secondary N) is 4. The molecule has 4 N–H and O–H groups in total. The molecule has 130 valence electrons. The van der Waals surface area contributed by atoms with Crippen molar-refractivity contribution in [2.45, 2.75) is 6.92 Å². The quantitative estimate of drug-likeness (QED) is 0.453. The maximum Gasteiger partial charge on any atom is 0.267 e. The molecule has 1 aromatic carbocycles. The molecule has 0 radical (unpaired) electrons. The van der Waals surface area contributed by atoms with Crippen LogP contribution < -0.4 is 10.6 Å². The number of carbonyl (C=O) groups is 1. The minimum Gasteiger partial charge on any atom is -0.355 e. The maximum absolute atomic E-state index is 11.6. The van der Waals surface area contributed by atoms with Gasteiger partial charge in [0, 0.05) is 36.6 Å². The molecule has 0 fully saturated rings. The first-order chi connectivity index (χ1) is 12.6. The van der Waals surface area contributed by atoms with Crippen LogP contribution in [0.1, 0.15) is 16.2 Å². The van der Waals surface area contributed by atoms with E-state index >= 15 is 0 Å². The summed E-state index contributed by atoms with van der Waals surface area (Å²) < 4.78 is 0. The van der Waals surface area contributed by atoms with Crippen LogP contribution in [0.25, 0.3) is 22.0 Å². The summed E-state index contributed by atoms with van der Waals surface area (Å²) in [6.07, 6.45) is 5.34. The Bertz CT molecular complexity index is 1100. The van der Waals surface area contributed by atoms with E-state index in [9.17, 15) is 4.79 Å². The van der Waals surface area contributed by atoms with Gasteiger partial charge in [-0.25, -0.2) is 9.97 Å². The van der Waals surface area contributed by atoms with Crippen LogP contribution in [0.3, 0.4) is 0 Å². The molecule has 0 bridgehead atoms. The third-order valence-corrected chi connectivity index (χ3v) is 4.14. The van der Waals surface area contributed by atoms with Crippen LogP contribution in [0.2, 0.25) is 0 Å². The summed E-state index contributed by atoms with van der Waals surface area (Å²) in [5, 5.41) is 13.7. The number of aryl methyl sites for hydroxylation is 1. The molecule has 0 unspecified atom stereocenters. The molecule has 4 rings (SSSR count). The van der Waals surface area contributed by atoms with Crippen LogP contribution in [0.15, 0.2) is 42.9 Å². The Morgan fingerprint density at radius 1 is 1.19 bits per heavy atom. The molecule has 0 saturated carbocycles. The summed E-state index contributed by atoms with van der Waals surface area (Å²) in [6, 6.07) is 7.73. The summed E-state index contributed by atoms with van der Waals surface area (Å²) in [5.41, 5.74) is 5.02. The maximum atomic E-state index is 11.6. The zero-order chi connectivity index (χ0) is 18.1. The number of rotatable bonds is 4. The number of hydrogen-bond donors (Lipinski definition) is 4. The normalized spacial score (nSPS) is 10.8. The summed E-state index contributed by atoms with van der Waals surface area (Å²) in [7, 11) is 1.59. The Morgan fingerprint density at radius 3 is 2.85 bits per heavy atom.